The van der Waals surface area contributed by atoms with Gasteiger partial charge in [0.1, 0.15) is 0 Å². The number of alkyl halides is 3. The summed E-state index contributed by atoms with van der Waals surface area (Å²) >= 11 is 0. The highest BCUT2D eigenvalue weighted by Gasteiger charge is 2.25. The van der Waals surface area contributed by atoms with E-state index in [1.54, 1.807) is 29.1 Å². The summed E-state index contributed by atoms with van der Waals surface area (Å²) in [5.74, 6) is -1.04. The van der Waals surface area contributed by atoms with E-state index in [2.05, 4.69) is 10.3 Å². The number of aromatic nitrogens is 2. The van der Waals surface area contributed by atoms with Gasteiger partial charge in [0.25, 0.3) is 0 Å². The predicted molar refractivity (Wildman–Crippen MR) is 75.3 cm³/mol. The lowest BCUT2D eigenvalue weighted by Crippen LogP contribution is -2.31. The first-order valence-corrected chi connectivity index (χ1v) is 6.48. The number of rotatable bonds is 6. The maximum atomic E-state index is 12.0. The highest BCUT2D eigenvalue weighted by molar-refractivity contribution is 5.86. The molecule has 0 saturated carbocycles. The van der Waals surface area contributed by atoms with Crippen LogP contribution in [0.15, 0.2) is 30.6 Å². The van der Waals surface area contributed by atoms with E-state index in [1.165, 1.54) is 6.08 Å². The maximum Gasteiger partial charge on any atom is 0.401 e. The quantitative estimate of drug-likeness (QED) is 0.634. The molecule has 0 amide bonds. The predicted octanol–water partition coefficient (Wildman–Crippen LogP) is 2.29. The normalized spacial score (nSPS) is 12.3. The van der Waals surface area contributed by atoms with Gasteiger partial charge >= 0.3 is 12.1 Å². The standard InChI is InChI=1S/C14H14F3N3O2/c15-14(16,17)8-18-5-6-20-9-19-11-7-10(1-3-12(11)20)2-4-13(21)22/h1-4,7,9,18H,5-6,8H2,(H,21,22). The highest BCUT2D eigenvalue weighted by Crippen LogP contribution is 2.16. The molecule has 1 aromatic carbocycles. The van der Waals surface area contributed by atoms with Crippen molar-refractivity contribution in [1.29, 1.82) is 0 Å². The van der Waals surface area contributed by atoms with Crippen molar-refractivity contribution in [3.8, 4) is 0 Å². The zero-order valence-corrected chi connectivity index (χ0v) is 11.5. The molecule has 22 heavy (non-hydrogen) atoms. The van der Waals surface area contributed by atoms with Crippen molar-refractivity contribution >= 4 is 23.1 Å². The SMILES string of the molecule is O=C(O)C=Cc1ccc2c(c1)ncn2CCNCC(F)(F)F. The van der Waals surface area contributed by atoms with Gasteiger partial charge in [0.05, 0.1) is 23.9 Å². The van der Waals surface area contributed by atoms with E-state index in [0.717, 1.165) is 11.6 Å². The van der Waals surface area contributed by atoms with Gasteiger partial charge in [-0.25, -0.2) is 9.78 Å². The molecule has 8 heteroatoms. The lowest BCUT2D eigenvalue weighted by Gasteiger charge is -2.09. The number of carbonyl (C=O) groups is 1. The zero-order valence-electron chi connectivity index (χ0n) is 11.5. The van der Waals surface area contributed by atoms with E-state index in [9.17, 15) is 18.0 Å². The summed E-state index contributed by atoms with van der Waals surface area (Å²) in [4.78, 5) is 14.6. The molecule has 0 atom stereocenters. The molecule has 0 bridgehead atoms. The minimum Gasteiger partial charge on any atom is -0.478 e. The van der Waals surface area contributed by atoms with Crippen LogP contribution in [0.3, 0.4) is 0 Å². The van der Waals surface area contributed by atoms with Gasteiger partial charge in [-0.1, -0.05) is 6.07 Å². The number of halogens is 3. The van der Waals surface area contributed by atoms with Crippen LogP contribution in [0.5, 0.6) is 0 Å². The number of hydrogen-bond donors (Lipinski definition) is 2. The fraction of sp³-hybridized carbons (Fsp3) is 0.286. The number of benzene rings is 1. The largest absolute Gasteiger partial charge is 0.478 e. The van der Waals surface area contributed by atoms with Gasteiger partial charge < -0.3 is 15.0 Å². The van der Waals surface area contributed by atoms with Crippen molar-refractivity contribution in [2.45, 2.75) is 12.7 Å². The molecule has 5 nitrogen and oxygen atoms in total. The summed E-state index contributed by atoms with van der Waals surface area (Å²) in [5.41, 5.74) is 2.12. The molecule has 2 rings (SSSR count). The van der Waals surface area contributed by atoms with Crippen LogP contribution in [0, 0.1) is 0 Å². The maximum absolute atomic E-state index is 12.0. The van der Waals surface area contributed by atoms with Crippen LogP contribution in [-0.2, 0) is 11.3 Å². The van der Waals surface area contributed by atoms with Crippen LogP contribution in [0.1, 0.15) is 5.56 Å². The number of nitrogens with one attached hydrogen (secondary N) is 1. The van der Waals surface area contributed by atoms with Crippen LogP contribution in [0.25, 0.3) is 17.1 Å². The molecule has 0 aliphatic heterocycles. The Morgan fingerprint density at radius 3 is 2.86 bits per heavy atom. The van der Waals surface area contributed by atoms with Crippen LogP contribution in [0.2, 0.25) is 0 Å². The van der Waals surface area contributed by atoms with E-state index in [0.29, 0.717) is 17.6 Å². The summed E-state index contributed by atoms with van der Waals surface area (Å²) < 4.78 is 37.8. The monoisotopic (exact) mass is 313 g/mol. The number of carboxylic acid groups (broad SMARTS) is 1. The second kappa shape index (κ2) is 6.61. The van der Waals surface area contributed by atoms with Gasteiger partial charge in [-0.05, 0) is 23.8 Å². The van der Waals surface area contributed by atoms with Crippen LogP contribution < -0.4 is 5.32 Å². The Kier molecular flexibility index (Phi) is 4.81. The van der Waals surface area contributed by atoms with Crippen molar-refractivity contribution in [1.82, 2.24) is 14.9 Å². The molecule has 118 valence electrons. The Hall–Kier alpha value is -2.35. The van der Waals surface area contributed by atoms with E-state index in [-0.39, 0.29) is 6.54 Å². The van der Waals surface area contributed by atoms with Gasteiger partial charge in [-0.3, -0.25) is 0 Å². The van der Waals surface area contributed by atoms with Crippen LogP contribution in [0.4, 0.5) is 13.2 Å². The number of carboxylic acids is 1. The molecule has 0 radical (unpaired) electrons. The van der Waals surface area contributed by atoms with Crippen LogP contribution in [-0.4, -0.2) is 39.9 Å². The smallest absolute Gasteiger partial charge is 0.401 e. The van der Waals surface area contributed by atoms with E-state index >= 15 is 0 Å². The third-order valence-electron chi connectivity index (χ3n) is 2.92. The fourth-order valence-corrected chi connectivity index (χ4v) is 1.96. The second-order valence-electron chi connectivity index (χ2n) is 4.65. The molecule has 1 heterocycles. The topological polar surface area (TPSA) is 67.1 Å². The molecule has 0 unspecified atom stereocenters. The van der Waals surface area contributed by atoms with Crippen molar-refractivity contribution < 1.29 is 23.1 Å². The first kappa shape index (κ1) is 16.0. The average molecular weight is 313 g/mol. The van der Waals surface area contributed by atoms with E-state index in [4.69, 9.17) is 5.11 Å². The summed E-state index contributed by atoms with van der Waals surface area (Å²) in [6.45, 7) is -0.494. The van der Waals surface area contributed by atoms with E-state index in [1.807, 2.05) is 0 Å². The van der Waals surface area contributed by atoms with Gasteiger partial charge in [0.2, 0.25) is 0 Å². The summed E-state index contributed by atoms with van der Waals surface area (Å²) in [6, 6.07) is 5.20. The van der Waals surface area contributed by atoms with Crippen molar-refractivity contribution in [2.75, 3.05) is 13.1 Å². The molecular formula is C14H14F3N3O2. The third kappa shape index (κ3) is 4.59. The minimum atomic E-state index is -4.22. The van der Waals surface area contributed by atoms with Crippen molar-refractivity contribution in [2.24, 2.45) is 0 Å². The van der Waals surface area contributed by atoms with E-state index < -0.39 is 18.7 Å². The molecule has 0 aliphatic carbocycles. The fourth-order valence-electron chi connectivity index (χ4n) is 1.96. The van der Waals surface area contributed by atoms with Crippen molar-refractivity contribution in [3.63, 3.8) is 0 Å². The summed E-state index contributed by atoms with van der Waals surface area (Å²) in [6.07, 6.45) is -0.197. The molecule has 2 aromatic rings. The molecule has 0 aliphatic rings. The number of hydrogen-bond acceptors (Lipinski definition) is 3. The number of imidazole rings is 1. The minimum absolute atomic E-state index is 0.172. The highest BCUT2D eigenvalue weighted by atomic mass is 19.4. The zero-order chi connectivity index (χ0) is 16.2. The lowest BCUT2D eigenvalue weighted by atomic mass is 10.2. The molecule has 0 fully saturated rings. The summed E-state index contributed by atoms with van der Waals surface area (Å²) in [7, 11) is 0. The molecule has 1 aromatic heterocycles. The van der Waals surface area contributed by atoms with Gasteiger partial charge in [0, 0.05) is 19.2 Å². The lowest BCUT2D eigenvalue weighted by molar-refractivity contribution is -0.131. The third-order valence-corrected chi connectivity index (χ3v) is 2.92. The molecule has 0 saturated heterocycles. The number of fused-ring (bicyclic) bond motifs is 1. The van der Waals surface area contributed by atoms with Gasteiger partial charge in [-0.2, -0.15) is 13.2 Å². The first-order valence-electron chi connectivity index (χ1n) is 6.48. The average Bonchev–Trinajstić information content (AvgIpc) is 2.83. The Bertz CT molecular complexity index is 692. The Morgan fingerprint density at radius 2 is 2.18 bits per heavy atom. The number of aliphatic carboxylic acids is 1. The molecule has 2 N–H and O–H groups in total. The van der Waals surface area contributed by atoms with Crippen molar-refractivity contribution in [3.05, 3.63) is 36.2 Å². The first-order chi connectivity index (χ1) is 10.3. The summed E-state index contributed by atoms with van der Waals surface area (Å²) in [5, 5.41) is 10.9. The Morgan fingerprint density at radius 1 is 1.41 bits per heavy atom. The Labute approximate surface area is 124 Å². The second-order valence-corrected chi connectivity index (χ2v) is 4.65. The Balaban J connectivity index is 2.02. The van der Waals surface area contributed by atoms with Gasteiger partial charge in [0.15, 0.2) is 0 Å². The van der Waals surface area contributed by atoms with Crippen LogP contribution >= 0.6 is 0 Å². The molecule has 0 spiro atoms. The number of nitrogens with zero attached hydrogens (tertiary/aromatic N) is 2. The molecular weight excluding hydrogens is 299 g/mol. The van der Waals surface area contributed by atoms with Gasteiger partial charge in [-0.15, -0.1) is 0 Å².